The maximum Gasteiger partial charge on any atom is 0.193 e. The molecule has 6 nitrogen and oxygen atoms in total. The SMILES string of the molecule is CCCOc1cccc(CNC(=NC)N2CCC(OCC3CCCCO3)CC2)c1.I. The van der Waals surface area contributed by atoms with Crippen molar-refractivity contribution in [3.05, 3.63) is 29.8 Å². The van der Waals surface area contributed by atoms with Gasteiger partial charge in [-0.25, -0.2) is 0 Å². The molecule has 2 aliphatic heterocycles. The number of hydrogen-bond acceptors (Lipinski definition) is 4. The molecule has 30 heavy (non-hydrogen) atoms. The molecular formula is C23H38IN3O3. The zero-order valence-electron chi connectivity index (χ0n) is 18.5. The number of nitrogens with zero attached hydrogens (tertiary/aromatic N) is 2. The van der Waals surface area contributed by atoms with E-state index < -0.39 is 0 Å². The van der Waals surface area contributed by atoms with Crippen LogP contribution in [0.15, 0.2) is 29.3 Å². The van der Waals surface area contributed by atoms with E-state index in [9.17, 15) is 0 Å². The average molecular weight is 531 g/mol. The number of nitrogens with one attached hydrogen (secondary N) is 1. The number of likely N-dealkylation sites (tertiary alicyclic amines) is 1. The number of aliphatic imine (C=N–C) groups is 1. The Morgan fingerprint density at radius 3 is 2.77 bits per heavy atom. The van der Waals surface area contributed by atoms with Crippen molar-refractivity contribution in [1.29, 1.82) is 0 Å². The van der Waals surface area contributed by atoms with Gasteiger partial charge in [-0.15, -0.1) is 24.0 Å². The van der Waals surface area contributed by atoms with Crippen molar-refractivity contribution in [2.45, 2.75) is 64.2 Å². The van der Waals surface area contributed by atoms with E-state index in [1.165, 1.54) is 18.4 Å². The second-order valence-electron chi connectivity index (χ2n) is 7.90. The van der Waals surface area contributed by atoms with Crippen LogP contribution in [0, 0.1) is 0 Å². The number of benzene rings is 1. The molecule has 0 radical (unpaired) electrons. The van der Waals surface area contributed by atoms with Gasteiger partial charge in [0.25, 0.3) is 0 Å². The van der Waals surface area contributed by atoms with Crippen molar-refractivity contribution in [3.8, 4) is 5.75 Å². The molecule has 1 aromatic rings. The van der Waals surface area contributed by atoms with Gasteiger partial charge < -0.3 is 24.4 Å². The first kappa shape index (κ1) is 25.2. The largest absolute Gasteiger partial charge is 0.494 e. The molecule has 1 aromatic carbocycles. The molecule has 3 rings (SSSR count). The van der Waals surface area contributed by atoms with E-state index >= 15 is 0 Å². The smallest absolute Gasteiger partial charge is 0.193 e. The molecule has 0 aliphatic carbocycles. The van der Waals surface area contributed by atoms with Gasteiger partial charge in [-0.1, -0.05) is 19.1 Å². The highest BCUT2D eigenvalue weighted by Gasteiger charge is 2.23. The standard InChI is InChI=1S/C23H37N3O3.HI/c1-3-14-27-21-9-6-7-19(16-21)17-25-23(24-2)26-12-10-20(11-13-26)29-18-22-8-4-5-15-28-22;/h6-7,9,16,20,22H,3-5,8,10-15,17-18H2,1-2H3,(H,24,25);1H. The lowest BCUT2D eigenvalue weighted by Crippen LogP contribution is -2.47. The number of hydrogen-bond donors (Lipinski definition) is 1. The summed E-state index contributed by atoms with van der Waals surface area (Å²) in [6.07, 6.45) is 7.32. The molecule has 0 aromatic heterocycles. The Bertz CT molecular complexity index is 630. The Balaban J connectivity index is 0.00000320. The summed E-state index contributed by atoms with van der Waals surface area (Å²) in [5, 5.41) is 3.50. The number of ether oxygens (including phenoxy) is 3. The molecule has 2 saturated heterocycles. The Hall–Kier alpha value is -1.06. The van der Waals surface area contributed by atoms with Crippen molar-refractivity contribution in [1.82, 2.24) is 10.2 Å². The van der Waals surface area contributed by atoms with Crippen molar-refractivity contribution in [2.75, 3.05) is 40.0 Å². The highest BCUT2D eigenvalue weighted by molar-refractivity contribution is 14.0. The summed E-state index contributed by atoms with van der Waals surface area (Å²) in [4.78, 5) is 6.81. The van der Waals surface area contributed by atoms with Gasteiger partial charge in [-0.2, -0.15) is 0 Å². The fourth-order valence-corrected chi connectivity index (χ4v) is 3.90. The molecule has 2 fully saturated rings. The molecular weight excluding hydrogens is 493 g/mol. The highest BCUT2D eigenvalue weighted by atomic mass is 127. The zero-order chi connectivity index (χ0) is 20.3. The Labute approximate surface area is 198 Å². The van der Waals surface area contributed by atoms with E-state index in [-0.39, 0.29) is 24.0 Å². The molecule has 1 unspecified atom stereocenters. The number of rotatable bonds is 8. The van der Waals surface area contributed by atoms with Gasteiger partial charge in [-0.3, -0.25) is 4.99 Å². The lowest BCUT2D eigenvalue weighted by molar-refractivity contribution is -0.0721. The molecule has 1 atom stereocenters. The van der Waals surface area contributed by atoms with E-state index in [0.29, 0.717) is 12.2 Å². The predicted molar refractivity (Wildman–Crippen MR) is 132 cm³/mol. The number of piperidine rings is 1. The molecule has 0 bridgehead atoms. The van der Waals surface area contributed by atoms with Gasteiger partial charge in [0.1, 0.15) is 5.75 Å². The van der Waals surface area contributed by atoms with Gasteiger partial charge in [0.05, 0.1) is 25.4 Å². The van der Waals surface area contributed by atoms with Crippen LogP contribution in [0.2, 0.25) is 0 Å². The molecule has 0 spiro atoms. The second kappa shape index (κ2) is 14.1. The summed E-state index contributed by atoms with van der Waals surface area (Å²) in [6.45, 7) is 7.18. The molecule has 1 N–H and O–H groups in total. The van der Waals surface area contributed by atoms with Crippen molar-refractivity contribution in [2.24, 2.45) is 4.99 Å². The van der Waals surface area contributed by atoms with Crippen LogP contribution in [-0.4, -0.2) is 63.0 Å². The Kier molecular flexibility index (Phi) is 11.8. The van der Waals surface area contributed by atoms with Gasteiger partial charge in [-0.05, 0) is 56.2 Å². The van der Waals surface area contributed by atoms with Crippen LogP contribution in [0.3, 0.4) is 0 Å². The van der Waals surface area contributed by atoms with E-state index in [1.54, 1.807) is 0 Å². The minimum Gasteiger partial charge on any atom is -0.494 e. The first-order valence-corrected chi connectivity index (χ1v) is 11.2. The average Bonchev–Trinajstić information content (AvgIpc) is 2.78. The summed E-state index contributed by atoms with van der Waals surface area (Å²) >= 11 is 0. The zero-order valence-corrected chi connectivity index (χ0v) is 20.8. The van der Waals surface area contributed by atoms with Gasteiger partial charge in [0.2, 0.25) is 0 Å². The molecule has 170 valence electrons. The van der Waals surface area contributed by atoms with Crippen LogP contribution in [0.4, 0.5) is 0 Å². The topological polar surface area (TPSA) is 55.3 Å². The summed E-state index contributed by atoms with van der Waals surface area (Å²) in [6, 6.07) is 8.27. The van der Waals surface area contributed by atoms with Crippen LogP contribution in [0.25, 0.3) is 0 Å². The monoisotopic (exact) mass is 531 g/mol. The molecule has 0 saturated carbocycles. The summed E-state index contributed by atoms with van der Waals surface area (Å²) < 4.78 is 17.6. The molecule has 7 heteroatoms. The van der Waals surface area contributed by atoms with E-state index in [2.05, 4.69) is 34.3 Å². The maximum absolute atomic E-state index is 6.13. The minimum absolute atomic E-state index is 0. The maximum atomic E-state index is 6.13. The van der Waals surface area contributed by atoms with E-state index in [4.69, 9.17) is 14.2 Å². The van der Waals surface area contributed by atoms with Crippen LogP contribution in [0.1, 0.15) is 51.0 Å². The summed E-state index contributed by atoms with van der Waals surface area (Å²) in [5.41, 5.74) is 1.20. The fraction of sp³-hybridized carbons (Fsp3) is 0.696. The molecule has 0 amide bonds. The number of halogens is 1. The Morgan fingerprint density at radius 2 is 2.07 bits per heavy atom. The third-order valence-corrected chi connectivity index (χ3v) is 5.57. The first-order chi connectivity index (χ1) is 14.3. The summed E-state index contributed by atoms with van der Waals surface area (Å²) in [5.74, 6) is 1.89. The second-order valence-corrected chi connectivity index (χ2v) is 7.90. The highest BCUT2D eigenvalue weighted by Crippen LogP contribution is 2.18. The molecule has 2 aliphatic rings. The van der Waals surface area contributed by atoms with Crippen LogP contribution >= 0.6 is 24.0 Å². The van der Waals surface area contributed by atoms with Crippen molar-refractivity contribution >= 4 is 29.9 Å². The number of guanidine groups is 1. The Morgan fingerprint density at radius 1 is 1.23 bits per heavy atom. The third-order valence-electron chi connectivity index (χ3n) is 5.57. The summed E-state index contributed by atoms with van der Waals surface area (Å²) in [7, 11) is 1.85. The van der Waals surface area contributed by atoms with E-state index in [1.807, 2.05) is 19.2 Å². The third kappa shape index (κ3) is 8.23. The normalized spacial score (nSPS) is 20.5. The lowest BCUT2D eigenvalue weighted by Gasteiger charge is -2.35. The van der Waals surface area contributed by atoms with Crippen molar-refractivity contribution in [3.63, 3.8) is 0 Å². The van der Waals surface area contributed by atoms with E-state index in [0.717, 1.165) is 76.8 Å². The van der Waals surface area contributed by atoms with Gasteiger partial charge >= 0.3 is 0 Å². The van der Waals surface area contributed by atoms with Crippen LogP contribution < -0.4 is 10.1 Å². The quantitative estimate of drug-likeness (QED) is 0.310. The van der Waals surface area contributed by atoms with Gasteiger partial charge in [0, 0.05) is 33.3 Å². The van der Waals surface area contributed by atoms with Gasteiger partial charge in [0.15, 0.2) is 5.96 Å². The first-order valence-electron chi connectivity index (χ1n) is 11.2. The lowest BCUT2D eigenvalue weighted by atomic mass is 10.1. The van der Waals surface area contributed by atoms with Crippen LogP contribution in [-0.2, 0) is 16.0 Å². The van der Waals surface area contributed by atoms with Crippen molar-refractivity contribution < 1.29 is 14.2 Å². The minimum atomic E-state index is 0. The predicted octanol–water partition coefficient (Wildman–Crippen LogP) is 4.22. The molecule has 2 heterocycles. The fourth-order valence-electron chi connectivity index (χ4n) is 3.90. The van der Waals surface area contributed by atoms with Crippen LogP contribution in [0.5, 0.6) is 5.75 Å².